The fourth-order valence-electron chi connectivity index (χ4n) is 2.29. The Hall–Kier alpha value is -1.69. The van der Waals surface area contributed by atoms with E-state index >= 15 is 0 Å². The summed E-state index contributed by atoms with van der Waals surface area (Å²) in [5.74, 6) is 0.172. The maximum absolute atomic E-state index is 11.7. The molecule has 0 atom stereocenters. The smallest absolute Gasteiger partial charge is 0.341 e. The van der Waals surface area contributed by atoms with E-state index in [1.54, 1.807) is 13.8 Å². The van der Waals surface area contributed by atoms with Gasteiger partial charge in [0.25, 0.3) is 0 Å². The van der Waals surface area contributed by atoms with Gasteiger partial charge < -0.3 is 14.8 Å². The van der Waals surface area contributed by atoms with Gasteiger partial charge in [-0.15, -0.1) is 0 Å². The number of carbonyl (C=O) groups is 1. The fraction of sp³-hybridized carbons (Fsp3) is 0.667. The molecule has 0 aliphatic carbocycles. The maximum atomic E-state index is 11.7. The Bertz CT molecular complexity index is 499. The van der Waals surface area contributed by atoms with Crippen molar-refractivity contribution in [3.05, 3.63) is 17.5 Å². The lowest BCUT2D eigenvalue weighted by atomic mass is 9.82. The van der Waals surface area contributed by atoms with E-state index in [1.165, 1.54) is 6.20 Å². The first-order valence-electron chi connectivity index (χ1n) is 7.36. The fourth-order valence-corrected chi connectivity index (χ4v) is 2.29. The van der Waals surface area contributed by atoms with Gasteiger partial charge in [0.2, 0.25) is 5.95 Å². The second-order valence-corrected chi connectivity index (χ2v) is 5.69. The van der Waals surface area contributed by atoms with Crippen molar-refractivity contribution in [2.75, 3.05) is 31.7 Å². The summed E-state index contributed by atoms with van der Waals surface area (Å²) in [4.78, 5) is 20.2. The molecule has 0 bridgehead atoms. The van der Waals surface area contributed by atoms with Crippen LogP contribution in [0.2, 0.25) is 0 Å². The van der Waals surface area contributed by atoms with Crippen LogP contribution in [0, 0.1) is 12.3 Å². The van der Waals surface area contributed by atoms with Crippen LogP contribution in [-0.2, 0) is 9.47 Å². The van der Waals surface area contributed by atoms with Gasteiger partial charge in [-0.25, -0.2) is 14.8 Å². The average Bonchev–Trinajstić information content (AvgIpc) is 2.46. The van der Waals surface area contributed by atoms with Gasteiger partial charge in [0.15, 0.2) is 0 Å². The normalized spacial score (nSPS) is 17.3. The highest BCUT2D eigenvalue weighted by Crippen LogP contribution is 2.29. The largest absolute Gasteiger partial charge is 0.462 e. The van der Waals surface area contributed by atoms with Gasteiger partial charge in [0, 0.05) is 26.0 Å². The summed E-state index contributed by atoms with van der Waals surface area (Å²) in [6.07, 6.45) is 3.58. The number of nitrogens with one attached hydrogen (secondary N) is 1. The summed E-state index contributed by atoms with van der Waals surface area (Å²) in [6.45, 7) is 8.56. The number of anilines is 1. The molecule has 6 nitrogen and oxygen atoms in total. The minimum Gasteiger partial charge on any atom is -0.462 e. The van der Waals surface area contributed by atoms with E-state index in [-0.39, 0.29) is 11.4 Å². The third-order valence-corrected chi connectivity index (χ3v) is 3.85. The molecule has 1 aliphatic rings. The molecule has 1 aromatic heterocycles. The first-order chi connectivity index (χ1) is 10.0. The molecule has 1 aromatic rings. The highest BCUT2D eigenvalue weighted by molar-refractivity contribution is 5.90. The third-order valence-electron chi connectivity index (χ3n) is 3.85. The van der Waals surface area contributed by atoms with Gasteiger partial charge >= 0.3 is 5.97 Å². The van der Waals surface area contributed by atoms with Crippen LogP contribution in [0.25, 0.3) is 0 Å². The minimum atomic E-state index is -0.377. The number of aryl methyl sites for hydroxylation is 1. The molecule has 1 aliphatic heterocycles. The Balaban J connectivity index is 1.98. The second-order valence-electron chi connectivity index (χ2n) is 5.69. The summed E-state index contributed by atoms with van der Waals surface area (Å²) < 4.78 is 10.4. The average molecular weight is 293 g/mol. The van der Waals surface area contributed by atoms with Crippen LogP contribution >= 0.6 is 0 Å². The molecule has 0 aromatic carbocycles. The molecule has 21 heavy (non-hydrogen) atoms. The quantitative estimate of drug-likeness (QED) is 0.839. The number of esters is 1. The highest BCUT2D eigenvalue weighted by atomic mass is 16.5. The topological polar surface area (TPSA) is 73.3 Å². The van der Waals surface area contributed by atoms with E-state index in [1.807, 2.05) is 0 Å². The number of carbonyl (C=O) groups excluding carboxylic acids is 1. The lowest BCUT2D eigenvalue weighted by Crippen LogP contribution is -2.33. The number of hydrogen-bond donors (Lipinski definition) is 1. The molecule has 0 spiro atoms. The first kappa shape index (κ1) is 15.7. The van der Waals surface area contributed by atoms with E-state index in [9.17, 15) is 4.79 Å². The van der Waals surface area contributed by atoms with Crippen LogP contribution in [-0.4, -0.2) is 42.3 Å². The SMILES string of the molecule is CCOC(=O)c1cnc(NCC2(C)CCOCC2)nc1C. The second kappa shape index (κ2) is 6.85. The number of ether oxygens (including phenoxy) is 2. The molecule has 2 rings (SSSR count). The summed E-state index contributed by atoms with van der Waals surface area (Å²) in [6, 6.07) is 0. The van der Waals surface area contributed by atoms with Crippen LogP contribution in [0.3, 0.4) is 0 Å². The van der Waals surface area contributed by atoms with Crippen LogP contribution in [0.15, 0.2) is 6.20 Å². The summed E-state index contributed by atoms with van der Waals surface area (Å²) in [5, 5.41) is 3.26. The number of hydrogen-bond acceptors (Lipinski definition) is 6. The van der Waals surface area contributed by atoms with Gasteiger partial charge in [0.1, 0.15) is 0 Å². The zero-order valence-corrected chi connectivity index (χ0v) is 12.9. The molecule has 1 N–H and O–H groups in total. The van der Waals surface area contributed by atoms with E-state index in [2.05, 4.69) is 22.2 Å². The number of aromatic nitrogens is 2. The molecule has 1 saturated heterocycles. The van der Waals surface area contributed by atoms with Crippen LogP contribution in [0.1, 0.15) is 42.7 Å². The Morgan fingerprint density at radius 1 is 1.48 bits per heavy atom. The van der Waals surface area contributed by atoms with Crippen molar-refractivity contribution in [3.63, 3.8) is 0 Å². The molecule has 6 heteroatoms. The lowest BCUT2D eigenvalue weighted by molar-refractivity contribution is 0.0299. The van der Waals surface area contributed by atoms with Crippen molar-refractivity contribution >= 4 is 11.9 Å². The molecule has 116 valence electrons. The lowest BCUT2D eigenvalue weighted by Gasteiger charge is -2.33. The molecule has 0 amide bonds. The highest BCUT2D eigenvalue weighted by Gasteiger charge is 2.27. The molecule has 0 saturated carbocycles. The zero-order chi connectivity index (χ0) is 15.3. The van der Waals surface area contributed by atoms with Crippen molar-refractivity contribution in [3.8, 4) is 0 Å². The summed E-state index contributed by atoms with van der Waals surface area (Å²) >= 11 is 0. The van der Waals surface area contributed by atoms with Crippen molar-refractivity contribution in [2.24, 2.45) is 5.41 Å². The Morgan fingerprint density at radius 3 is 2.81 bits per heavy atom. The van der Waals surface area contributed by atoms with Gasteiger partial charge in [-0.05, 0) is 32.1 Å². The predicted octanol–water partition coefficient (Wildman–Crippen LogP) is 2.19. The molecule has 0 unspecified atom stereocenters. The van der Waals surface area contributed by atoms with E-state index < -0.39 is 0 Å². The standard InChI is InChI=1S/C15H23N3O3/c1-4-21-13(19)12-9-16-14(18-11(12)2)17-10-15(3)5-7-20-8-6-15/h9H,4-8,10H2,1-3H3,(H,16,17,18). The number of rotatable bonds is 5. The Labute approximate surface area is 125 Å². The van der Waals surface area contributed by atoms with E-state index in [0.29, 0.717) is 23.8 Å². The van der Waals surface area contributed by atoms with Crippen molar-refractivity contribution in [2.45, 2.75) is 33.6 Å². The predicted molar refractivity (Wildman–Crippen MR) is 79.4 cm³/mol. The number of nitrogens with zero attached hydrogens (tertiary/aromatic N) is 2. The van der Waals surface area contributed by atoms with E-state index in [4.69, 9.17) is 9.47 Å². The van der Waals surface area contributed by atoms with Crippen molar-refractivity contribution in [1.29, 1.82) is 0 Å². The molecular weight excluding hydrogens is 270 g/mol. The van der Waals surface area contributed by atoms with Crippen molar-refractivity contribution < 1.29 is 14.3 Å². The Morgan fingerprint density at radius 2 is 2.19 bits per heavy atom. The third kappa shape index (κ3) is 4.14. The van der Waals surface area contributed by atoms with Crippen LogP contribution in [0.4, 0.5) is 5.95 Å². The monoisotopic (exact) mass is 293 g/mol. The maximum Gasteiger partial charge on any atom is 0.341 e. The van der Waals surface area contributed by atoms with E-state index in [0.717, 1.165) is 32.6 Å². The first-order valence-corrected chi connectivity index (χ1v) is 7.36. The van der Waals surface area contributed by atoms with Crippen LogP contribution < -0.4 is 5.32 Å². The molecule has 0 radical (unpaired) electrons. The van der Waals surface area contributed by atoms with Gasteiger partial charge in [0.05, 0.1) is 17.9 Å². The van der Waals surface area contributed by atoms with Crippen molar-refractivity contribution in [1.82, 2.24) is 9.97 Å². The van der Waals surface area contributed by atoms with Crippen LogP contribution in [0.5, 0.6) is 0 Å². The summed E-state index contributed by atoms with van der Waals surface area (Å²) in [7, 11) is 0. The Kier molecular flexibility index (Phi) is 5.12. The molecule has 2 heterocycles. The van der Waals surface area contributed by atoms with Gasteiger partial charge in [-0.1, -0.05) is 6.92 Å². The van der Waals surface area contributed by atoms with Gasteiger partial charge in [-0.2, -0.15) is 0 Å². The zero-order valence-electron chi connectivity index (χ0n) is 12.9. The summed E-state index contributed by atoms with van der Waals surface area (Å²) in [5.41, 5.74) is 1.25. The molecule has 1 fully saturated rings. The molecular formula is C15H23N3O3. The van der Waals surface area contributed by atoms with Gasteiger partial charge in [-0.3, -0.25) is 0 Å². The minimum absolute atomic E-state index is 0.204.